The Kier molecular flexibility index (Phi) is 5.04. The summed E-state index contributed by atoms with van der Waals surface area (Å²) in [5, 5.41) is 3.10. The van der Waals surface area contributed by atoms with Crippen LogP contribution >= 0.6 is 0 Å². The van der Waals surface area contributed by atoms with E-state index in [1.807, 2.05) is 13.8 Å². The third kappa shape index (κ3) is 11.6. The van der Waals surface area contributed by atoms with Gasteiger partial charge >= 0.3 is 0 Å². The minimum Gasteiger partial charge on any atom is -0.426 e. The molecule has 1 aliphatic rings. The smallest absolute Gasteiger partial charge is 0.146 e. The zero-order chi connectivity index (χ0) is 7.28. The number of nitrogens with one attached hydrogen (secondary N) is 1. The van der Waals surface area contributed by atoms with Crippen molar-refractivity contribution in [1.82, 2.24) is 5.32 Å². The van der Waals surface area contributed by atoms with Gasteiger partial charge in [-0.1, -0.05) is 0 Å². The quantitative estimate of drug-likeness (QED) is 0.407. The molecule has 1 unspecified atom stereocenters. The number of hydrogen-bond donors (Lipinski definition) is 1. The maximum Gasteiger partial charge on any atom is 0.146 e. The highest BCUT2D eigenvalue weighted by molar-refractivity contribution is 5.98. The fraction of sp³-hybridized carbons (Fsp3) is 1.00. The summed E-state index contributed by atoms with van der Waals surface area (Å²) in [5.41, 5.74) is 0. The van der Waals surface area contributed by atoms with E-state index in [-0.39, 0.29) is 0 Å². The van der Waals surface area contributed by atoms with E-state index in [0.29, 0.717) is 6.10 Å². The van der Waals surface area contributed by atoms with Crippen LogP contribution in [0.25, 0.3) is 0 Å². The largest absolute Gasteiger partial charge is 0.426 e. The van der Waals surface area contributed by atoms with Gasteiger partial charge in [-0.2, -0.15) is 0 Å². The second kappa shape index (κ2) is 4.96. The molecule has 56 valence electrons. The van der Waals surface area contributed by atoms with Gasteiger partial charge in [0.2, 0.25) is 0 Å². The Bertz CT molecular complexity index is 64.1. The maximum atomic E-state index is 4.89. The maximum absolute atomic E-state index is 4.89. The SMILES string of the molecule is CC(C)O[SiH3].CC1CN1. The molecule has 0 saturated carbocycles. The van der Waals surface area contributed by atoms with Crippen molar-refractivity contribution in [3.63, 3.8) is 0 Å². The number of hydrogen-bond acceptors (Lipinski definition) is 2. The lowest BCUT2D eigenvalue weighted by molar-refractivity contribution is 0.267. The summed E-state index contributed by atoms with van der Waals surface area (Å²) in [6.07, 6.45) is 0.446. The summed E-state index contributed by atoms with van der Waals surface area (Å²) in [6.45, 7) is 7.47. The van der Waals surface area contributed by atoms with Gasteiger partial charge in [0.25, 0.3) is 0 Å². The Morgan fingerprint density at radius 2 is 1.89 bits per heavy atom. The molecule has 1 N–H and O–H groups in total. The van der Waals surface area contributed by atoms with Crippen molar-refractivity contribution < 1.29 is 4.43 Å². The summed E-state index contributed by atoms with van der Waals surface area (Å²) in [6, 6.07) is 0.833. The van der Waals surface area contributed by atoms with E-state index in [1.54, 1.807) is 0 Å². The van der Waals surface area contributed by atoms with E-state index in [0.717, 1.165) is 16.5 Å². The third-order valence-electron chi connectivity index (χ3n) is 1.08. The van der Waals surface area contributed by atoms with Gasteiger partial charge in [0, 0.05) is 18.7 Å². The van der Waals surface area contributed by atoms with Gasteiger partial charge in [-0.15, -0.1) is 0 Å². The van der Waals surface area contributed by atoms with Crippen LogP contribution in [0.1, 0.15) is 20.8 Å². The predicted molar refractivity (Wildman–Crippen MR) is 43.6 cm³/mol. The first-order valence-corrected chi connectivity index (χ1v) is 4.24. The molecule has 0 aromatic carbocycles. The van der Waals surface area contributed by atoms with Gasteiger partial charge in [0.15, 0.2) is 0 Å². The standard InChI is InChI=1S/C3H7N.C3H10OSi/c1-3-2-4-3;1-3(2)4-5/h3-4H,2H2,1H3;3H,1-2,5H3. The molecule has 1 fully saturated rings. The molecule has 3 heteroatoms. The predicted octanol–water partition coefficient (Wildman–Crippen LogP) is -0.330. The monoisotopic (exact) mass is 147 g/mol. The molecule has 1 saturated heterocycles. The van der Waals surface area contributed by atoms with E-state index in [9.17, 15) is 0 Å². The van der Waals surface area contributed by atoms with Gasteiger partial charge in [-0.3, -0.25) is 0 Å². The Hall–Kier alpha value is 0.137. The highest BCUT2D eigenvalue weighted by Crippen LogP contribution is 1.88. The lowest BCUT2D eigenvalue weighted by Crippen LogP contribution is -1.95. The van der Waals surface area contributed by atoms with Crippen LogP contribution in [0.2, 0.25) is 0 Å². The van der Waals surface area contributed by atoms with Crippen LogP contribution in [0.3, 0.4) is 0 Å². The van der Waals surface area contributed by atoms with Gasteiger partial charge in [-0.05, 0) is 20.8 Å². The first-order chi connectivity index (χ1) is 4.16. The summed E-state index contributed by atoms with van der Waals surface area (Å²) in [7, 11) is 0.873. The van der Waals surface area contributed by atoms with Crippen molar-refractivity contribution in [3.05, 3.63) is 0 Å². The Morgan fingerprint density at radius 1 is 1.67 bits per heavy atom. The van der Waals surface area contributed by atoms with Crippen LogP contribution < -0.4 is 5.32 Å². The molecule has 0 radical (unpaired) electrons. The van der Waals surface area contributed by atoms with E-state index < -0.39 is 0 Å². The van der Waals surface area contributed by atoms with E-state index >= 15 is 0 Å². The van der Waals surface area contributed by atoms with Crippen molar-refractivity contribution in [1.29, 1.82) is 0 Å². The van der Waals surface area contributed by atoms with Crippen LogP contribution in [0.5, 0.6) is 0 Å². The second-order valence-electron chi connectivity index (χ2n) is 2.59. The first-order valence-electron chi connectivity index (χ1n) is 3.43. The molecule has 2 nitrogen and oxygen atoms in total. The van der Waals surface area contributed by atoms with Crippen LogP contribution in [-0.2, 0) is 4.43 Å². The molecule has 0 aliphatic carbocycles. The lowest BCUT2D eigenvalue weighted by atomic mass is 10.5. The molecular formula is C6H17NOSi. The average molecular weight is 147 g/mol. The zero-order valence-electron chi connectivity index (χ0n) is 6.77. The molecule has 0 spiro atoms. The summed E-state index contributed by atoms with van der Waals surface area (Å²) >= 11 is 0. The van der Waals surface area contributed by atoms with Crippen molar-refractivity contribution >= 4 is 10.5 Å². The Labute approximate surface area is 60.5 Å². The Balaban J connectivity index is 0.000000144. The van der Waals surface area contributed by atoms with Gasteiger partial charge in [-0.25, -0.2) is 0 Å². The van der Waals surface area contributed by atoms with E-state index in [1.165, 1.54) is 6.54 Å². The normalized spacial score (nSPS) is 23.3. The van der Waals surface area contributed by atoms with Gasteiger partial charge < -0.3 is 9.74 Å². The van der Waals surface area contributed by atoms with Crippen LogP contribution in [-0.4, -0.2) is 29.2 Å². The van der Waals surface area contributed by atoms with Gasteiger partial charge in [0.05, 0.1) is 0 Å². The zero-order valence-corrected chi connectivity index (χ0v) is 8.77. The summed E-state index contributed by atoms with van der Waals surface area (Å²) in [5.74, 6) is 0. The fourth-order valence-electron chi connectivity index (χ4n) is 0.118. The second-order valence-corrected chi connectivity index (χ2v) is 3.07. The van der Waals surface area contributed by atoms with E-state index in [4.69, 9.17) is 4.43 Å². The average Bonchev–Trinajstić information content (AvgIpc) is 2.53. The van der Waals surface area contributed by atoms with Crippen LogP contribution in [0.15, 0.2) is 0 Å². The molecule has 1 heterocycles. The van der Waals surface area contributed by atoms with Crippen molar-refractivity contribution in [3.8, 4) is 0 Å². The van der Waals surface area contributed by atoms with Gasteiger partial charge in [0.1, 0.15) is 10.5 Å². The van der Waals surface area contributed by atoms with Crippen LogP contribution in [0, 0.1) is 0 Å². The highest BCUT2D eigenvalue weighted by Gasteiger charge is 2.10. The molecule has 0 aromatic heterocycles. The summed E-state index contributed by atoms with van der Waals surface area (Å²) < 4.78 is 4.89. The topological polar surface area (TPSA) is 31.2 Å². The molecule has 9 heavy (non-hydrogen) atoms. The third-order valence-corrected chi connectivity index (χ3v) is 2.03. The first kappa shape index (κ1) is 9.14. The minimum absolute atomic E-state index is 0.446. The lowest BCUT2D eigenvalue weighted by Gasteiger charge is -1.95. The number of rotatable bonds is 1. The highest BCUT2D eigenvalue weighted by atomic mass is 28.2. The molecule has 1 aliphatic heterocycles. The van der Waals surface area contributed by atoms with Crippen molar-refractivity contribution in [2.45, 2.75) is 32.9 Å². The van der Waals surface area contributed by atoms with Crippen molar-refractivity contribution in [2.75, 3.05) is 6.54 Å². The molecule has 1 atom stereocenters. The molecule has 1 rings (SSSR count). The fourth-order valence-corrected chi connectivity index (χ4v) is 0.118. The molecular weight excluding hydrogens is 130 g/mol. The molecule has 0 amide bonds. The molecule has 0 aromatic rings. The minimum atomic E-state index is 0.446. The summed E-state index contributed by atoms with van der Waals surface area (Å²) in [4.78, 5) is 0. The molecule has 0 bridgehead atoms. The van der Waals surface area contributed by atoms with Crippen molar-refractivity contribution in [2.24, 2.45) is 0 Å². The van der Waals surface area contributed by atoms with Crippen LogP contribution in [0.4, 0.5) is 0 Å². The Morgan fingerprint density at radius 3 is 1.89 bits per heavy atom. The van der Waals surface area contributed by atoms with E-state index in [2.05, 4.69) is 12.2 Å².